The second-order valence-corrected chi connectivity index (χ2v) is 6.78. The van der Waals surface area contributed by atoms with Crippen molar-refractivity contribution in [1.82, 2.24) is 15.8 Å². The molecule has 7 nitrogen and oxygen atoms in total. The third-order valence-electron chi connectivity index (χ3n) is 4.34. The molecule has 0 spiro atoms. The third-order valence-corrected chi connectivity index (χ3v) is 4.59. The Labute approximate surface area is 167 Å². The molecule has 8 heteroatoms. The molecule has 1 aliphatic heterocycles. The van der Waals surface area contributed by atoms with Crippen molar-refractivity contribution < 1.29 is 19.1 Å². The summed E-state index contributed by atoms with van der Waals surface area (Å²) in [4.78, 5) is 38.0. The Morgan fingerprint density at radius 1 is 1.07 bits per heavy atom. The fourth-order valence-corrected chi connectivity index (χ4v) is 3.04. The van der Waals surface area contributed by atoms with Crippen molar-refractivity contribution in [1.29, 1.82) is 0 Å². The molecule has 0 saturated carbocycles. The summed E-state index contributed by atoms with van der Waals surface area (Å²) in [6.45, 7) is 0.0879. The van der Waals surface area contributed by atoms with Crippen LogP contribution in [0.25, 0.3) is 0 Å². The predicted octanol–water partition coefficient (Wildman–Crippen LogP) is 2.06. The van der Waals surface area contributed by atoms with Gasteiger partial charge in [-0.3, -0.25) is 25.2 Å². The molecule has 2 aromatic rings. The van der Waals surface area contributed by atoms with Crippen molar-refractivity contribution in [3.8, 4) is 5.75 Å². The maximum Gasteiger partial charge on any atom is 0.276 e. The van der Waals surface area contributed by atoms with E-state index < -0.39 is 17.9 Å². The zero-order valence-electron chi connectivity index (χ0n) is 15.1. The number of hydrogen-bond acceptors (Lipinski definition) is 4. The minimum Gasteiger partial charge on any atom is -0.484 e. The van der Waals surface area contributed by atoms with Crippen LogP contribution >= 0.6 is 11.6 Å². The number of rotatable bonds is 6. The molecule has 1 unspecified atom stereocenters. The predicted molar refractivity (Wildman–Crippen MR) is 103 cm³/mol. The molecular formula is C20H20ClN3O4. The van der Waals surface area contributed by atoms with Crippen molar-refractivity contribution >= 4 is 29.3 Å². The van der Waals surface area contributed by atoms with Crippen LogP contribution in [0.3, 0.4) is 0 Å². The molecule has 1 aliphatic rings. The highest BCUT2D eigenvalue weighted by atomic mass is 35.5. The van der Waals surface area contributed by atoms with Crippen LogP contribution in [-0.4, -0.2) is 35.3 Å². The lowest BCUT2D eigenvalue weighted by molar-refractivity contribution is -0.137. The summed E-state index contributed by atoms with van der Waals surface area (Å²) in [6, 6.07) is 15.4. The summed E-state index contributed by atoms with van der Waals surface area (Å²) in [5.41, 5.74) is 5.63. The maximum atomic E-state index is 12.4. The van der Waals surface area contributed by atoms with E-state index in [1.807, 2.05) is 30.3 Å². The second-order valence-electron chi connectivity index (χ2n) is 6.34. The first-order valence-electron chi connectivity index (χ1n) is 8.83. The maximum absolute atomic E-state index is 12.4. The molecule has 3 rings (SSSR count). The van der Waals surface area contributed by atoms with Gasteiger partial charge in [0.1, 0.15) is 11.8 Å². The Morgan fingerprint density at radius 3 is 2.50 bits per heavy atom. The van der Waals surface area contributed by atoms with Gasteiger partial charge < -0.3 is 9.64 Å². The first-order chi connectivity index (χ1) is 13.5. The monoisotopic (exact) mass is 401 g/mol. The van der Waals surface area contributed by atoms with Gasteiger partial charge in [-0.25, -0.2) is 0 Å². The number of carbonyl (C=O) groups is 3. The second kappa shape index (κ2) is 9.23. The number of hydrogen-bond donors (Lipinski definition) is 2. The van der Waals surface area contributed by atoms with E-state index in [0.717, 1.165) is 5.56 Å². The highest BCUT2D eigenvalue weighted by Crippen LogP contribution is 2.21. The molecule has 3 amide bonds. The average Bonchev–Trinajstić information content (AvgIpc) is 3.07. The summed E-state index contributed by atoms with van der Waals surface area (Å²) in [7, 11) is 0. The Bertz CT molecular complexity index is 842. The van der Waals surface area contributed by atoms with E-state index in [1.54, 1.807) is 24.3 Å². The number of hydrazine groups is 1. The number of nitrogens with zero attached hydrogens (tertiary/aromatic N) is 1. The minimum atomic E-state index is -0.620. The van der Waals surface area contributed by atoms with Crippen molar-refractivity contribution in [2.24, 2.45) is 0 Å². The molecule has 0 aromatic heterocycles. The van der Waals surface area contributed by atoms with Crippen molar-refractivity contribution in [2.75, 3.05) is 6.61 Å². The SMILES string of the molecule is O=C(COc1ccc(Cl)cc1)NNC(=O)C1CCC(=O)N1Cc1ccccc1. The topological polar surface area (TPSA) is 87.7 Å². The van der Waals surface area contributed by atoms with E-state index in [0.29, 0.717) is 30.2 Å². The van der Waals surface area contributed by atoms with Gasteiger partial charge in [0.2, 0.25) is 5.91 Å². The van der Waals surface area contributed by atoms with Gasteiger partial charge in [-0.05, 0) is 36.2 Å². The number of nitrogens with one attached hydrogen (secondary N) is 2. The lowest BCUT2D eigenvalue weighted by Crippen LogP contribution is -2.51. The molecule has 2 N–H and O–H groups in total. The van der Waals surface area contributed by atoms with Crippen LogP contribution in [0, 0.1) is 0 Å². The largest absolute Gasteiger partial charge is 0.484 e. The third kappa shape index (κ3) is 5.23. The van der Waals surface area contributed by atoms with Gasteiger partial charge >= 0.3 is 0 Å². The number of benzene rings is 2. The van der Waals surface area contributed by atoms with Crippen LogP contribution in [0.2, 0.25) is 5.02 Å². The van der Waals surface area contributed by atoms with E-state index in [9.17, 15) is 14.4 Å². The van der Waals surface area contributed by atoms with E-state index >= 15 is 0 Å². The van der Waals surface area contributed by atoms with Crippen LogP contribution in [0.4, 0.5) is 0 Å². The summed E-state index contributed by atoms with van der Waals surface area (Å²) in [6.07, 6.45) is 0.715. The molecule has 0 bridgehead atoms. The molecule has 146 valence electrons. The Hall–Kier alpha value is -3.06. The standard InChI is InChI=1S/C20H20ClN3O4/c21-15-6-8-16(9-7-15)28-13-18(25)22-23-20(27)17-10-11-19(26)24(17)12-14-4-2-1-3-5-14/h1-9,17H,10-13H2,(H,22,25)(H,23,27). The van der Waals surface area contributed by atoms with Gasteiger partial charge in [-0.1, -0.05) is 41.9 Å². The van der Waals surface area contributed by atoms with Gasteiger partial charge in [0.15, 0.2) is 6.61 Å². The van der Waals surface area contributed by atoms with Crippen molar-refractivity contribution in [2.45, 2.75) is 25.4 Å². The Morgan fingerprint density at radius 2 is 1.79 bits per heavy atom. The average molecular weight is 402 g/mol. The first kappa shape index (κ1) is 19.7. The first-order valence-corrected chi connectivity index (χ1v) is 9.21. The van der Waals surface area contributed by atoms with Crippen LogP contribution in [-0.2, 0) is 20.9 Å². The van der Waals surface area contributed by atoms with E-state index in [4.69, 9.17) is 16.3 Å². The molecule has 1 fully saturated rings. The fourth-order valence-electron chi connectivity index (χ4n) is 2.91. The summed E-state index contributed by atoms with van der Waals surface area (Å²) >= 11 is 5.78. The van der Waals surface area contributed by atoms with Crippen molar-refractivity contribution in [3.05, 3.63) is 65.2 Å². The van der Waals surface area contributed by atoms with E-state index in [-0.39, 0.29) is 12.5 Å². The summed E-state index contributed by atoms with van der Waals surface area (Å²) in [5.74, 6) is -0.536. The number of halogens is 1. The lowest BCUT2D eigenvalue weighted by Gasteiger charge is -2.24. The summed E-state index contributed by atoms with van der Waals surface area (Å²) in [5, 5.41) is 0.565. The molecule has 2 aromatic carbocycles. The minimum absolute atomic E-state index is 0.0820. The molecule has 1 heterocycles. The number of likely N-dealkylation sites (tertiary alicyclic amines) is 1. The number of ether oxygens (including phenoxy) is 1. The van der Waals surface area contributed by atoms with Crippen LogP contribution in [0.1, 0.15) is 18.4 Å². The molecule has 1 atom stereocenters. The van der Waals surface area contributed by atoms with Gasteiger partial charge in [0.05, 0.1) is 0 Å². The Kier molecular flexibility index (Phi) is 6.49. The van der Waals surface area contributed by atoms with Crippen molar-refractivity contribution in [3.63, 3.8) is 0 Å². The number of amides is 3. The van der Waals surface area contributed by atoms with Gasteiger partial charge in [-0.15, -0.1) is 0 Å². The zero-order chi connectivity index (χ0) is 19.9. The van der Waals surface area contributed by atoms with Gasteiger partial charge in [-0.2, -0.15) is 0 Å². The Balaban J connectivity index is 1.48. The van der Waals surface area contributed by atoms with Crippen LogP contribution in [0.15, 0.2) is 54.6 Å². The van der Waals surface area contributed by atoms with Gasteiger partial charge in [0.25, 0.3) is 11.8 Å². The molecule has 0 radical (unpaired) electrons. The highest BCUT2D eigenvalue weighted by molar-refractivity contribution is 6.30. The quantitative estimate of drug-likeness (QED) is 0.725. The highest BCUT2D eigenvalue weighted by Gasteiger charge is 2.36. The molecule has 28 heavy (non-hydrogen) atoms. The summed E-state index contributed by atoms with van der Waals surface area (Å²) < 4.78 is 5.31. The van der Waals surface area contributed by atoms with Crippen LogP contribution < -0.4 is 15.6 Å². The number of carbonyl (C=O) groups excluding carboxylic acids is 3. The van der Waals surface area contributed by atoms with Gasteiger partial charge in [0, 0.05) is 18.0 Å². The molecular weight excluding hydrogens is 382 g/mol. The van der Waals surface area contributed by atoms with E-state index in [1.165, 1.54) is 4.90 Å². The fraction of sp³-hybridized carbons (Fsp3) is 0.250. The molecule has 1 saturated heterocycles. The van der Waals surface area contributed by atoms with Crippen LogP contribution in [0.5, 0.6) is 5.75 Å². The smallest absolute Gasteiger partial charge is 0.276 e. The molecule has 0 aliphatic carbocycles. The van der Waals surface area contributed by atoms with E-state index in [2.05, 4.69) is 10.9 Å². The normalized spacial score (nSPS) is 16.0. The lowest BCUT2D eigenvalue weighted by atomic mass is 10.2. The zero-order valence-corrected chi connectivity index (χ0v) is 15.8.